The van der Waals surface area contributed by atoms with Crippen molar-refractivity contribution in [3.63, 3.8) is 0 Å². The van der Waals surface area contributed by atoms with Gasteiger partial charge in [0.25, 0.3) is 0 Å². The van der Waals surface area contributed by atoms with Crippen LogP contribution < -0.4 is 0 Å². The first kappa shape index (κ1) is 15.7. The molecule has 3 heteroatoms. The molecule has 0 aliphatic carbocycles. The Bertz CT molecular complexity index is 348. The van der Waals surface area contributed by atoms with Gasteiger partial charge in [-0.2, -0.15) is 0 Å². The fourth-order valence-corrected chi connectivity index (χ4v) is 2.14. The topological polar surface area (TPSA) is 35.5 Å². The van der Waals surface area contributed by atoms with Gasteiger partial charge in [-0.25, -0.2) is 0 Å². The van der Waals surface area contributed by atoms with Crippen LogP contribution in [-0.4, -0.2) is 20.2 Å². The van der Waals surface area contributed by atoms with Gasteiger partial charge in [0.15, 0.2) is 0 Å². The zero-order valence-corrected chi connectivity index (χ0v) is 11.9. The second kappa shape index (κ2) is 9.56. The Morgan fingerprint density at radius 1 is 1.05 bits per heavy atom. The molecule has 0 amide bonds. The van der Waals surface area contributed by atoms with Gasteiger partial charge in [0.05, 0.1) is 13.2 Å². The summed E-state index contributed by atoms with van der Waals surface area (Å²) < 4.78 is 10.1. The van der Waals surface area contributed by atoms with Crippen molar-refractivity contribution in [2.75, 3.05) is 14.2 Å². The smallest absolute Gasteiger partial charge is 0.305 e. The van der Waals surface area contributed by atoms with Crippen molar-refractivity contribution in [1.82, 2.24) is 0 Å². The van der Waals surface area contributed by atoms with Crippen molar-refractivity contribution in [2.24, 2.45) is 0 Å². The number of carbonyl (C=O) groups excluding carboxylic acids is 1. The molecule has 0 aromatic heterocycles. The summed E-state index contributed by atoms with van der Waals surface area (Å²) in [7, 11) is 3.19. The zero-order chi connectivity index (χ0) is 13.9. The van der Waals surface area contributed by atoms with Gasteiger partial charge in [0, 0.05) is 13.5 Å². The summed E-state index contributed by atoms with van der Waals surface area (Å²) in [6.07, 6.45) is 5.97. The molecule has 3 nitrogen and oxygen atoms in total. The van der Waals surface area contributed by atoms with Crippen LogP contribution in [0, 0.1) is 0 Å². The largest absolute Gasteiger partial charge is 0.469 e. The van der Waals surface area contributed by atoms with Crippen LogP contribution >= 0.6 is 0 Å². The minimum atomic E-state index is -0.112. The number of hydrogen-bond donors (Lipinski definition) is 0. The summed E-state index contributed by atoms with van der Waals surface area (Å²) >= 11 is 0. The minimum absolute atomic E-state index is 0.112. The lowest BCUT2D eigenvalue weighted by atomic mass is 10.0. The highest BCUT2D eigenvalue weighted by atomic mass is 16.5. The number of rotatable bonds is 9. The minimum Gasteiger partial charge on any atom is -0.469 e. The molecule has 1 unspecified atom stereocenters. The van der Waals surface area contributed by atoms with E-state index >= 15 is 0 Å². The van der Waals surface area contributed by atoms with E-state index in [-0.39, 0.29) is 12.1 Å². The number of benzene rings is 1. The summed E-state index contributed by atoms with van der Waals surface area (Å²) in [5.41, 5.74) is 1.24. The Hall–Kier alpha value is -1.35. The Kier molecular flexibility index (Phi) is 7.91. The molecule has 19 heavy (non-hydrogen) atoms. The first-order valence-corrected chi connectivity index (χ1v) is 6.92. The Labute approximate surface area is 115 Å². The van der Waals surface area contributed by atoms with Gasteiger partial charge < -0.3 is 9.47 Å². The third-order valence-electron chi connectivity index (χ3n) is 3.28. The molecule has 0 heterocycles. The van der Waals surface area contributed by atoms with Gasteiger partial charge in [-0.05, 0) is 18.4 Å². The molecule has 0 aliphatic heterocycles. The van der Waals surface area contributed by atoms with Crippen LogP contribution in [0.4, 0.5) is 0 Å². The molecule has 1 atom stereocenters. The quantitative estimate of drug-likeness (QED) is 0.501. The average Bonchev–Trinajstić information content (AvgIpc) is 2.47. The summed E-state index contributed by atoms with van der Waals surface area (Å²) in [6, 6.07) is 10.3. The van der Waals surface area contributed by atoms with E-state index in [1.54, 1.807) is 7.11 Å². The number of carbonyl (C=O) groups is 1. The molecule has 0 saturated heterocycles. The van der Waals surface area contributed by atoms with Crippen LogP contribution in [0.3, 0.4) is 0 Å². The Balaban J connectivity index is 2.15. The fraction of sp³-hybridized carbons (Fsp3) is 0.562. The first-order valence-electron chi connectivity index (χ1n) is 6.92. The number of hydrogen-bond acceptors (Lipinski definition) is 3. The number of esters is 1. The van der Waals surface area contributed by atoms with E-state index in [2.05, 4.69) is 16.9 Å². The standard InChI is InChI=1S/C16H24O3/c1-18-15(14-10-6-5-7-11-14)12-8-3-4-9-13-16(17)19-2/h5-7,10-11,15H,3-4,8-9,12-13H2,1-2H3. The lowest BCUT2D eigenvalue weighted by Gasteiger charge is -2.15. The van der Waals surface area contributed by atoms with E-state index in [9.17, 15) is 4.79 Å². The zero-order valence-electron chi connectivity index (χ0n) is 11.9. The highest BCUT2D eigenvalue weighted by Gasteiger charge is 2.09. The van der Waals surface area contributed by atoms with Crippen molar-refractivity contribution < 1.29 is 14.3 Å². The summed E-state index contributed by atoms with van der Waals surface area (Å²) in [5, 5.41) is 0. The molecule has 0 saturated carbocycles. The second-order valence-electron chi connectivity index (χ2n) is 4.66. The molecule has 0 bridgehead atoms. The molecule has 1 rings (SSSR count). The molecule has 106 valence electrons. The average molecular weight is 264 g/mol. The monoisotopic (exact) mass is 264 g/mol. The van der Waals surface area contributed by atoms with Gasteiger partial charge >= 0.3 is 5.97 Å². The number of methoxy groups -OCH3 is 2. The maximum atomic E-state index is 10.9. The van der Waals surface area contributed by atoms with Gasteiger partial charge in [0.1, 0.15) is 0 Å². The van der Waals surface area contributed by atoms with Crippen molar-refractivity contribution in [3.8, 4) is 0 Å². The molecule has 0 fully saturated rings. The predicted molar refractivity (Wildman–Crippen MR) is 75.9 cm³/mol. The maximum absolute atomic E-state index is 10.9. The van der Waals surface area contributed by atoms with E-state index in [4.69, 9.17) is 4.74 Å². The van der Waals surface area contributed by atoms with Gasteiger partial charge in [-0.3, -0.25) is 4.79 Å². The van der Waals surface area contributed by atoms with E-state index in [1.807, 2.05) is 18.2 Å². The van der Waals surface area contributed by atoms with E-state index in [0.717, 1.165) is 32.1 Å². The van der Waals surface area contributed by atoms with E-state index in [1.165, 1.54) is 12.7 Å². The highest BCUT2D eigenvalue weighted by Crippen LogP contribution is 2.23. The van der Waals surface area contributed by atoms with E-state index < -0.39 is 0 Å². The van der Waals surface area contributed by atoms with Crippen molar-refractivity contribution in [3.05, 3.63) is 35.9 Å². The second-order valence-corrected chi connectivity index (χ2v) is 4.66. The van der Waals surface area contributed by atoms with Crippen LogP contribution in [0.15, 0.2) is 30.3 Å². The maximum Gasteiger partial charge on any atom is 0.305 e. The SMILES string of the molecule is COC(=O)CCCCCCC(OC)c1ccccc1. The third kappa shape index (κ3) is 6.39. The van der Waals surface area contributed by atoms with Crippen LogP contribution in [0.1, 0.15) is 50.2 Å². The predicted octanol–water partition coefficient (Wildman–Crippen LogP) is 3.89. The molecule has 0 N–H and O–H groups in total. The van der Waals surface area contributed by atoms with Gasteiger partial charge in [-0.15, -0.1) is 0 Å². The molecule has 0 radical (unpaired) electrons. The summed E-state index contributed by atoms with van der Waals surface area (Å²) in [4.78, 5) is 10.9. The fourth-order valence-electron chi connectivity index (χ4n) is 2.14. The Morgan fingerprint density at radius 3 is 2.37 bits per heavy atom. The number of ether oxygens (including phenoxy) is 2. The molecule has 1 aromatic carbocycles. The van der Waals surface area contributed by atoms with Gasteiger partial charge in [0.2, 0.25) is 0 Å². The Morgan fingerprint density at radius 2 is 1.74 bits per heavy atom. The normalized spacial score (nSPS) is 12.1. The lowest BCUT2D eigenvalue weighted by molar-refractivity contribution is -0.140. The molecular formula is C16H24O3. The van der Waals surface area contributed by atoms with Crippen molar-refractivity contribution >= 4 is 5.97 Å². The first-order chi connectivity index (χ1) is 9.27. The van der Waals surface area contributed by atoms with Gasteiger partial charge in [-0.1, -0.05) is 49.6 Å². The highest BCUT2D eigenvalue weighted by molar-refractivity contribution is 5.68. The summed E-state index contributed by atoms with van der Waals surface area (Å²) in [6.45, 7) is 0. The number of unbranched alkanes of at least 4 members (excludes halogenated alkanes) is 3. The van der Waals surface area contributed by atoms with Crippen molar-refractivity contribution in [2.45, 2.75) is 44.6 Å². The summed E-state index contributed by atoms with van der Waals surface area (Å²) in [5.74, 6) is -0.112. The molecular weight excluding hydrogens is 240 g/mol. The van der Waals surface area contributed by atoms with Crippen LogP contribution in [0.5, 0.6) is 0 Å². The lowest BCUT2D eigenvalue weighted by Crippen LogP contribution is -2.01. The third-order valence-corrected chi connectivity index (χ3v) is 3.28. The molecule has 0 aliphatic rings. The molecule has 0 spiro atoms. The van der Waals surface area contributed by atoms with Crippen LogP contribution in [-0.2, 0) is 14.3 Å². The van der Waals surface area contributed by atoms with Crippen LogP contribution in [0.25, 0.3) is 0 Å². The van der Waals surface area contributed by atoms with Crippen molar-refractivity contribution in [1.29, 1.82) is 0 Å². The van der Waals surface area contributed by atoms with E-state index in [0.29, 0.717) is 6.42 Å². The van der Waals surface area contributed by atoms with Crippen LogP contribution in [0.2, 0.25) is 0 Å². The molecule has 1 aromatic rings.